The van der Waals surface area contributed by atoms with Crippen LogP contribution in [0, 0.1) is 22.7 Å². The second-order valence-electron chi connectivity index (χ2n) is 8.01. The van der Waals surface area contributed by atoms with Crippen molar-refractivity contribution in [3.8, 4) is 12.1 Å². The number of hydrogen-bond donors (Lipinski definition) is 3. The van der Waals surface area contributed by atoms with Crippen LogP contribution in [-0.2, 0) is 0 Å². The third-order valence-electron chi connectivity index (χ3n) is 5.76. The number of imidazole rings is 1. The Hall–Kier alpha value is -3.60. The van der Waals surface area contributed by atoms with E-state index in [1.165, 1.54) is 10.7 Å². The topological polar surface area (TPSA) is 130 Å². The number of halogens is 1. The molecule has 5 rings (SSSR count). The highest BCUT2D eigenvalue weighted by atomic mass is 35.5. The lowest BCUT2D eigenvalue weighted by atomic mass is 10.1. The van der Waals surface area contributed by atoms with Gasteiger partial charge in [-0.25, -0.2) is 4.98 Å². The normalized spacial score (nSPS) is 17.9. The first-order valence-electron chi connectivity index (χ1n) is 10.4. The average molecular weight is 449 g/mol. The molecule has 2 aromatic heterocycles. The number of nitriles is 2. The van der Waals surface area contributed by atoms with Crippen molar-refractivity contribution in [1.82, 2.24) is 24.9 Å². The Morgan fingerprint density at radius 1 is 1.16 bits per heavy atom. The van der Waals surface area contributed by atoms with E-state index < -0.39 is 0 Å². The summed E-state index contributed by atoms with van der Waals surface area (Å²) >= 11 is 6.77. The molecule has 0 amide bonds. The Labute approximate surface area is 189 Å². The largest absolute Gasteiger partial charge is 0.369 e. The molecule has 2 aliphatic rings. The van der Waals surface area contributed by atoms with Crippen LogP contribution in [0.1, 0.15) is 30.5 Å². The van der Waals surface area contributed by atoms with Gasteiger partial charge in [-0.1, -0.05) is 11.6 Å². The molecule has 3 aromatic rings. The molecule has 32 heavy (non-hydrogen) atoms. The Morgan fingerprint density at radius 2 is 2.00 bits per heavy atom. The number of rotatable bonds is 6. The molecular weight excluding hydrogens is 428 g/mol. The first-order chi connectivity index (χ1) is 15.6. The summed E-state index contributed by atoms with van der Waals surface area (Å²) in [7, 11) is 1.95. The highest BCUT2D eigenvalue weighted by Gasteiger charge is 2.26. The van der Waals surface area contributed by atoms with E-state index in [0.29, 0.717) is 45.5 Å². The van der Waals surface area contributed by atoms with Gasteiger partial charge in [0.1, 0.15) is 6.07 Å². The van der Waals surface area contributed by atoms with Gasteiger partial charge in [-0.05, 0) is 38.4 Å². The summed E-state index contributed by atoms with van der Waals surface area (Å²) in [5.74, 6) is 0.809. The minimum atomic E-state index is 0.257. The van der Waals surface area contributed by atoms with E-state index in [1.807, 2.05) is 7.05 Å². The molecule has 1 saturated carbocycles. The van der Waals surface area contributed by atoms with Crippen LogP contribution >= 0.6 is 11.6 Å². The molecule has 1 saturated heterocycles. The average Bonchev–Trinajstić information content (AvgIpc) is 3.32. The zero-order valence-corrected chi connectivity index (χ0v) is 18.2. The molecule has 3 heterocycles. The number of aromatic nitrogens is 4. The summed E-state index contributed by atoms with van der Waals surface area (Å²) in [6.45, 7) is 1.65. The summed E-state index contributed by atoms with van der Waals surface area (Å²) in [4.78, 5) is 11.0. The number of nitrogens with zero attached hydrogens (tertiary/aromatic N) is 7. The maximum Gasteiger partial charge on any atom is 0.247 e. The molecule has 0 spiro atoms. The lowest BCUT2D eigenvalue weighted by Crippen LogP contribution is -2.29. The van der Waals surface area contributed by atoms with Gasteiger partial charge in [0.05, 0.1) is 34.2 Å². The van der Waals surface area contributed by atoms with Crippen molar-refractivity contribution in [3.05, 3.63) is 34.6 Å². The van der Waals surface area contributed by atoms with Gasteiger partial charge in [0.15, 0.2) is 17.2 Å². The van der Waals surface area contributed by atoms with Crippen molar-refractivity contribution < 1.29 is 0 Å². The maximum atomic E-state index is 9.58. The van der Waals surface area contributed by atoms with Crippen molar-refractivity contribution in [1.29, 1.82) is 10.5 Å². The van der Waals surface area contributed by atoms with E-state index in [0.717, 1.165) is 38.0 Å². The van der Waals surface area contributed by atoms with Gasteiger partial charge in [-0.2, -0.15) is 20.0 Å². The summed E-state index contributed by atoms with van der Waals surface area (Å²) in [5, 5.41) is 33.7. The first-order valence-corrected chi connectivity index (χ1v) is 10.8. The number of nitrogens with one attached hydrogen (secondary N) is 3. The molecule has 3 N–H and O–H groups in total. The van der Waals surface area contributed by atoms with Gasteiger partial charge in [0.2, 0.25) is 5.95 Å². The first kappa shape index (κ1) is 20.3. The minimum absolute atomic E-state index is 0.257. The molecule has 162 valence electrons. The molecular formula is C21H21ClN10. The van der Waals surface area contributed by atoms with Crippen LogP contribution in [0.5, 0.6) is 0 Å². The highest BCUT2D eigenvalue weighted by molar-refractivity contribution is 6.36. The van der Waals surface area contributed by atoms with Crippen LogP contribution in [0.25, 0.3) is 5.65 Å². The van der Waals surface area contributed by atoms with Gasteiger partial charge >= 0.3 is 0 Å². The number of fused-ring (bicyclic) bond motifs is 1. The van der Waals surface area contributed by atoms with E-state index in [4.69, 9.17) is 11.6 Å². The zero-order valence-electron chi connectivity index (χ0n) is 17.4. The lowest BCUT2D eigenvalue weighted by molar-refractivity contribution is 0.617. The Kier molecular flexibility index (Phi) is 5.17. The van der Waals surface area contributed by atoms with Gasteiger partial charge in [-0.15, -0.1) is 5.10 Å². The van der Waals surface area contributed by atoms with E-state index in [-0.39, 0.29) is 5.95 Å². The minimum Gasteiger partial charge on any atom is -0.369 e. The van der Waals surface area contributed by atoms with Crippen molar-refractivity contribution in [3.63, 3.8) is 0 Å². The van der Waals surface area contributed by atoms with Crippen LogP contribution in [0.4, 0.5) is 23.1 Å². The summed E-state index contributed by atoms with van der Waals surface area (Å²) in [6, 6.07) is 8.51. The maximum absolute atomic E-state index is 9.58. The molecule has 11 heteroatoms. The molecule has 1 aliphatic heterocycles. The second kappa shape index (κ2) is 8.15. The predicted octanol–water partition coefficient (Wildman–Crippen LogP) is 2.64. The fourth-order valence-electron chi connectivity index (χ4n) is 3.86. The van der Waals surface area contributed by atoms with E-state index in [9.17, 15) is 10.5 Å². The van der Waals surface area contributed by atoms with Crippen LogP contribution in [0.2, 0.25) is 5.02 Å². The van der Waals surface area contributed by atoms with Gasteiger partial charge in [0, 0.05) is 25.2 Å². The van der Waals surface area contributed by atoms with Crippen molar-refractivity contribution in [2.75, 3.05) is 35.7 Å². The number of benzene rings is 1. The van der Waals surface area contributed by atoms with Gasteiger partial charge < -0.3 is 20.9 Å². The lowest BCUT2D eigenvalue weighted by Gasteiger charge is -2.22. The number of likely N-dealkylation sites (N-methyl/N-ethyl adjacent to an activating group) is 1. The van der Waals surface area contributed by atoms with Crippen LogP contribution in [-0.4, -0.2) is 51.8 Å². The standard InChI is InChI=1S/C21H21ClN10/c1-25-14-4-5-31(11-14)17-7-12(8-23)6-16(18(17)22)28-21-29-19(27-13-2-3-13)20-26-10-15(9-24)32(20)30-21/h6-7,10,13-14,25H,2-5,11H2,1H3,(H2,27,28,29,30). The SMILES string of the molecule is CNC1CCN(c2cc(C#N)cc(Nc3nc(NC4CC4)c4ncc(C#N)n4n3)c2Cl)C1. The van der Waals surface area contributed by atoms with Crippen molar-refractivity contribution in [2.45, 2.75) is 31.3 Å². The molecule has 0 bridgehead atoms. The van der Waals surface area contributed by atoms with Gasteiger partial charge in [0.25, 0.3) is 0 Å². The zero-order chi connectivity index (χ0) is 22.2. The summed E-state index contributed by atoms with van der Waals surface area (Å²) < 4.78 is 1.46. The molecule has 0 radical (unpaired) electrons. The highest BCUT2D eigenvalue weighted by Crippen LogP contribution is 2.37. The van der Waals surface area contributed by atoms with Crippen molar-refractivity contribution in [2.24, 2.45) is 0 Å². The fraction of sp³-hybridized carbons (Fsp3) is 0.381. The molecule has 1 atom stereocenters. The quantitative estimate of drug-likeness (QED) is 0.520. The molecule has 1 unspecified atom stereocenters. The molecule has 1 aromatic carbocycles. The Balaban J connectivity index is 1.54. The van der Waals surface area contributed by atoms with Crippen molar-refractivity contribution >= 4 is 40.4 Å². The predicted molar refractivity (Wildman–Crippen MR) is 121 cm³/mol. The Morgan fingerprint density at radius 3 is 2.69 bits per heavy atom. The van der Waals surface area contributed by atoms with E-state index >= 15 is 0 Å². The second-order valence-corrected chi connectivity index (χ2v) is 8.39. The summed E-state index contributed by atoms with van der Waals surface area (Å²) in [5.41, 5.74) is 2.61. The van der Waals surface area contributed by atoms with Crippen LogP contribution in [0.3, 0.4) is 0 Å². The third kappa shape index (κ3) is 3.75. The van der Waals surface area contributed by atoms with Crippen LogP contribution in [0.15, 0.2) is 18.3 Å². The molecule has 1 aliphatic carbocycles. The molecule has 2 fully saturated rings. The summed E-state index contributed by atoms with van der Waals surface area (Å²) in [6.07, 6.45) is 4.60. The monoisotopic (exact) mass is 448 g/mol. The smallest absolute Gasteiger partial charge is 0.247 e. The fourth-order valence-corrected chi connectivity index (χ4v) is 4.13. The molecule has 10 nitrogen and oxygen atoms in total. The van der Waals surface area contributed by atoms with Crippen LogP contribution < -0.4 is 20.9 Å². The third-order valence-corrected chi connectivity index (χ3v) is 6.16. The van der Waals surface area contributed by atoms with Gasteiger partial charge in [-0.3, -0.25) is 0 Å². The van der Waals surface area contributed by atoms with E-state index in [1.54, 1.807) is 12.1 Å². The Bertz CT molecular complexity index is 1270. The number of hydrogen-bond acceptors (Lipinski definition) is 9. The van der Waals surface area contributed by atoms with E-state index in [2.05, 4.69) is 48.1 Å². The number of anilines is 4.